The fraction of sp³-hybridized carbons (Fsp3) is 0.846. The monoisotopic (exact) mass is 269 g/mol. The van der Waals surface area contributed by atoms with Gasteiger partial charge in [-0.05, 0) is 33.1 Å². The molecule has 0 unspecified atom stereocenters. The van der Waals surface area contributed by atoms with Crippen molar-refractivity contribution in [3.8, 4) is 0 Å². The van der Waals surface area contributed by atoms with Crippen molar-refractivity contribution in [2.24, 2.45) is 4.99 Å². The van der Waals surface area contributed by atoms with Crippen LogP contribution in [0.15, 0.2) is 4.99 Å². The Morgan fingerprint density at radius 3 is 2.83 bits per heavy atom. The van der Waals surface area contributed by atoms with E-state index in [1.807, 2.05) is 4.90 Å². The first-order chi connectivity index (χ1) is 8.57. The summed E-state index contributed by atoms with van der Waals surface area (Å²) in [6.45, 7) is 6.88. The normalized spacial score (nSPS) is 25.2. The van der Waals surface area contributed by atoms with E-state index in [1.165, 1.54) is 0 Å². The number of amides is 1. The first kappa shape index (κ1) is 13.7. The molecule has 0 aromatic carbocycles. The third-order valence-corrected chi connectivity index (χ3v) is 4.36. The van der Waals surface area contributed by atoms with E-state index in [0.717, 1.165) is 43.3 Å². The van der Waals surface area contributed by atoms with E-state index in [0.29, 0.717) is 13.0 Å². The molecule has 1 amide bonds. The summed E-state index contributed by atoms with van der Waals surface area (Å²) in [5, 5.41) is 4.42. The molecule has 2 fully saturated rings. The maximum atomic E-state index is 11.8. The van der Waals surface area contributed by atoms with Crippen molar-refractivity contribution in [3.05, 3.63) is 0 Å². The van der Waals surface area contributed by atoms with Crippen molar-refractivity contribution in [3.63, 3.8) is 0 Å². The molecule has 2 heterocycles. The van der Waals surface area contributed by atoms with Gasteiger partial charge in [0.05, 0.1) is 6.54 Å². The van der Waals surface area contributed by atoms with Gasteiger partial charge in [-0.25, -0.2) is 0 Å². The molecule has 0 radical (unpaired) electrons. The number of hydrogen-bond acceptors (Lipinski definition) is 3. The number of nitrogens with zero attached hydrogens (tertiary/aromatic N) is 2. The molecule has 0 aromatic rings. The zero-order valence-corrected chi connectivity index (χ0v) is 12.2. The van der Waals surface area contributed by atoms with E-state index < -0.39 is 0 Å². The molecule has 18 heavy (non-hydrogen) atoms. The summed E-state index contributed by atoms with van der Waals surface area (Å²) >= 11 is 1.76. The zero-order chi connectivity index (χ0) is 13.0. The summed E-state index contributed by atoms with van der Waals surface area (Å²) in [5.41, 5.74) is 0.142. The van der Waals surface area contributed by atoms with E-state index in [2.05, 4.69) is 24.2 Å². The molecular formula is C13H23N3OS. The van der Waals surface area contributed by atoms with Gasteiger partial charge in [0, 0.05) is 30.8 Å². The Morgan fingerprint density at radius 2 is 2.17 bits per heavy atom. The van der Waals surface area contributed by atoms with Gasteiger partial charge in [-0.15, -0.1) is 0 Å². The number of likely N-dealkylation sites (tertiary alicyclic amines) is 1. The molecule has 0 aliphatic carbocycles. The van der Waals surface area contributed by atoms with Crippen molar-refractivity contribution in [1.82, 2.24) is 10.2 Å². The number of carbonyl (C=O) groups is 1. The molecular weight excluding hydrogens is 246 g/mol. The summed E-state index contributed by atoms with van der Waals surface area (Å²) in [6.07, 6.45) is 4.02. The lowest BCUT2D eigenvalue weighted by Gasteiger charge is -2.32. The smallest absolute Gasteiger partial charge is 0.224 e. The Hall–Kier alpha value is -0.710. The minimum Gasteiger partial charge on any atom is -0.360 e. The average Bonchev–Trinajstić information content (AvgIpc) is 2.81. The van der Waals surface area contributed by atoms with Gasteiger partial charge < -0.3 is 10.2 Å². The highest BCUT2D eigenvalue weighted by Crippen LogP contribution is 2.21. The van der Waals surface area contributed by atoms with Gasteiger partial charge in [-0.2, -0.15) is 0 Å². The molecule has 0 aromatic heterocycles. The molecule has 4 nitrogen and oxygen atoms in total. The van der Waals surface area contributed by atoms with E-state index in [1.54, 1.807) is 11.8 Å². The van der Waals surface area contributed by atoms with E-state index in [9.17, 15) is 4.79 Å². The van der Waals surface area contributed by atoms with Crippen molar-refractivity contribution in [2.45, 2.75) is 45.1 Å². The third-order valence-electron chi connectivity index (χ3n) is 3.45. The summed E-state index contributed by atoms with van der Waals surface area (Å²) < 4.78 is 0. The van der Waals surface area contributed by atoms with Crippen LogP contribution in [0.1, 0.15) is 39.5 Å². The highest BCUT2D eigenvalue weighted by molar-refractivity contribution is 8.13. The number of hydrogen-bond donors (Lipinski definition) is 1. The number of rotatable bonds is 3. The van der Waals surface area contributed by atoms with Crippen LogP contribution in [0.2, 0.25) is 0 Å². The number of amidine groups is 1. The van der Waals surface area contributed by atoms with Crippen LogP contribution in [0.4, 0.5) is 0 Å². The van der Waals surface area contributed by atoms with Gasteiger partial charge in [-0.1, -0.05) is 11.8 Å². The molecule has 1 N–H and O–H groups in total. The van der Waals surface area contributed by atoms with Crippen LogP contribution in [0.25, 0.3) is 0 Å². The lowest BCUT2D eigenvalue weighted by Crippen LogP contribution is -2.46. The predicted octanol–water partition coefficient (Wildman–Crippen LogP) is 1.86. The maximum absolute atomic E-state index is 11.8. The quantitative estimate of drug-likeness (QED) is 0.850. The van der Waals surface area contributed by atoms with Gasteiger partial charge in [0.25, 0.3) is 0 Å². The van der Waals surface area contributed by atoms with Gasteiger partial charge in [0.2, 0.25) is 5.91 Å². The first-order valence-corrected chi connectivity index (χ1v) is 7.79. The largest absolute Gasteiger partial charge is 0.360 e. The molecule has 2 aliphatic rings. The van der Waals surface area contributed by atoms with Gasteiger partial charge in [0.1, 0.15) is 0 Å². The van der Waals surface area contributed by atoms with E-state index >= 15 is 0 Å². The van der Waals surface area contributed by atoms with Gasteiger partial charge in [-0.3, -0.25) is 9.79 Å². The molecule has 2 aliphatic heterocycles. The topological polar surface area (TPSA) is 44.7 Å². The first-order valence-electron chi connectivity index (χ1n) is 6.80. The Balaban J connectivity index is 1.75. The molecule has 2 rings (SSSR count). The van der Waals surface area contributed by atoms with Crippen LogP contribution < -0.4 is 5.32 Å². The molecule has 0 atom stereocenters. The molecule has 102 valence electrons. The van der Waals surface area contributed by atoms with E-state index in [4.69, 9.17) is 0 Å². The highest BCUT2D eigenvalue weighted by atomic mass is 32.2. The van der Waals surface area contributed by atoms with Gasteiger partial charge in [0.15, 0.2) is 5.17 Å². The van der Waals surface area contributed by atoms with Crippen molar-refractivity contribution < 1.29 is 4.79 Å². The number of aliphatic imine (C=N–C) groups is 1. The second-order valence-electron chi connectivity index (χ2n) is 5.63. The van der Waals surface area contributed by atoms with Crippen LogP contribution in [0.5, 0.6) is 0 Å². The zero-order valence-electron chi connectivity index (χ0n) is 11.4. The highest BCUT2D eigenvalue weighted by Gasteiger charge is 2.24. The fourth-order valence-corrected chi connectivity index (χ4v) is 3.59. The lowest BCUT2D eigenvalue weighted by atomic mass is 10.0. The second kappa shape index (κ2) is 5.95. The summed E-state index contributed by atoms with van der Waals surface area (Å²) in [4.78, 5) is 18.3. The van der Waals surface area contributed by atoms with Crippen LogP contribution in [0.3, 0.4) is 0 Å². The van der Waals surface area contributed by atoms with Gasteiger partial charge >= 0.3 is 0 Å². The maximum Gasteiger partial charge on any atom is 0.224 e. The number of nitrogens with one attached hydrogen (secondary N) is 1. The Bertz CT molecular complexity index is 335. The Labute approximate surface area is 114 Å². The van der Waals surface area contributed by atoms with Crippen molar-refractivity contribution in [2.75, 3.05) is 25.4 Å². The molecule has 0 spiro atoms. The van der Waals surface area contributed by atoms with Crippen molar-refractivity contribution in [1.29, 1.82) is 0 Å². The molecule has 2 saturated heterocycles. The summed E-state index contributed by atoms with van der Waals surface area (Å²) in [7, 11) is 0. The Kier molecular flexibility index (Phi) is 4.54. The van der Waals surface area contributed by atoms with Crippen molar-refractivity contribution >= 4 is 22.8 Å². The van der Waals surface area contributed by atoms with Crippen LogP contribution in [0, 0.1) is 0 Å². The summed E-state index contributed by atoms with van der Waals surface area (Å²) in [5.74, 6) is 1.37. The van der Waals surface area contributed by atoms with Crippen LogP contribution in [-0.2, 0) is 4.79 Å². The average molecular weight is 269 g/mol. The SMILES string of the molecule is CC1(C)CCSC(=NCCC(=O)N2CCCC2)N1. The lowest BCUT2D eigenvalue weighted by molar-refractivity contribution is -0.129. The predicted molar refractivity (Wildman–Crippen MR) is 77.0 cm³/mol. The molecule has 5 heteroatoms. The summed E-state index contributed by atoms with van der Waals surface area (Å²) in [6, 6.07) is 0. The minimum absolute atomic E-state index is 0.142. The number of thioether (sulfide) groups is 1. The fourth-order valence-electron chi connectivity index (χ4n) is 2.25. The van der Waals surface area contributed by atoms with Crippen LogP contribution >= 0.6 is 11.8 Å². The second-order valence-corrected chi connectivity index (χ2v) is 6.72. The third kappa shape index (κ3) is 3.90. The van der Waals surface area contributed by atoms with Crippen LogP contribution in [-0.4, -0.2) is 46.9 Å². The molecule has 0 bridgehead atoms. The standard InChI is InChI=1S/C13H23N3OS/c1-13(2)6-10-18-12(15-13)14-7-5-11(17)16-8-3-4-9-16/h3-10H2,1-2H3,(H,14,15). The Morgan fingerprint density at radius 1 is 1.44 bits per heavy atom. The van der Waals surface area contributed by atoms with E-state index in [-0.39, 0.29) is 11.4 Å². The molecule has 0 saturated carbocycles. The number of carbonyl (C=O) groups excluding carboxylic acids is 1. The minimum atomic E-state index is 0.142.